The molecule has 0 radical (unpaired) electrons. The number of rotatable bonds is 7. The average Bonchev–Trinajstić information content (AvgIpc) is 2.35. The monoisotopic (exact) mass is 264 g/mol. The quantitative estimate of drug-likeness (QED) is 0.431. The molecule has 1 aliphatic heterocycles. The maximum Gasteiger partial charge on any atom is 0.311 e. The maximum absolute atomic E-state index is 11.1. The number of nitrogens with zero attached hydrogens (tertiary/aromatic N) is 2. The molecule has 1 saturated heterocycles. The first-order chi connectivity index (χ1) is 9.20. The minimum Gasteiger partial charge on any atom is -0.487 e. The van der Waals surface area contributed by atoms with Crippen LogP contribution >= 0.6 is 0 Å². The van der Waals surface area contributed by atoms with Crippen molar-refractivity contribution in [3.8, 4) is 5.75 Å². The molecule has 1 heterocycles. The highest BCUT2D eigenvalue weighted by Crippen LogP contribution is 2.29. The molecular formula is C14H20N2O3. The van der Waals surface area contributed by atoms with Crippen LogP contribution in [0, 0.1) is 10.1 Å². The van der Waals surface area contributed by atoms with Gasteiger partial charge in [0.2, 0.25) is 0 Å². The van der Waals surface area contributed by atoms with Gasteiger partial charge in [0.25, 0.3) is 0 Å². The van der Waals surface area contributed by atoms with Crippen molar-refractivity contribution in [2.75, 3.05) is 19.7 Å². The molecule has 0 atom stereocenters. The highest BCUT2D eigenvalue weighted by Gasteiger charge is 2.19. The zero-order valence-corrected chi connectivity index (χ0v) is 11.3. The van der Waals surface area contributed by atoms with E-state index >= 15 is 0 Å². The smallest absolute Gasteiger partial charge is 0.311 e. The van der Waals surface area contributed by atoms with Gasteiger partial charge in [-0.05, 0) is 37.6 Å². The van der Waals surface area contributed by atoms with Gasteiger partial charge in [-0.1, -0.05) is 19.4 Å². The molecule has 5 heteroatoms. The molecule has 0 spiro atoms. The fourth-order valence-corrected chi connectivity index (χ4v) is 2.05. The molecule has 1 aromatic rings. The summed E-state index contributed by atoms with van der Waals surface area (Å²) in [5.74, 6) is 0.380. The minimum atomic E-state index is -0.360. The summed E-state index contributed by atoms with van der Waals surface area (Å²) in [5, 5.41) is 11.1. The van der Waals surface area contributed by atoms with Gasteiger partial charge in [-0.3, -0.25) is 15.0 Å². The molecule has 2 rings (SSSR count). The Bertz CT molecular complexity index is 444. The van der Waals surface area contributed by atoms with Crippen LogP contribution in [0.2, 0.25) is 0 Å². The van der Waals surface area contributed by atoms with Crippen LogP contribution in [-0.4, -0.2) is 29.5 Å². The minimum absolute atomic E-state index is 0.0779. The molecule has 0 amide bonds. The number of likely N-dealkylation sites (tertiary alicyclic amines) is 1. The molecule has 1 aromatic carbocycles. The van der Waals surface area contributed by atoms with E-state index in [0.29, 0.717) is 12.4 Å². The van der Waals surface area contributed by atoms with Gasteiger partial charge in [-0.15, -0.1) is 0 Å². The van der Waals surface area contributed by atoms with E-state index in [-0.39, 0.29) is 10.6 Å². The van der Waals surface area contributed by atoms with E-state index in [1.165, 1.54) is 6.42 Å². The lowest BCUT2D eigenvalue weighted by atomic mass is 10.1. The van der Waals surface area contributed by atoms with E-state index < -0.39 is 0 Å². The van der Waals surface area contributed by atoms with Crippen molar-refractivity contribution in [2.24, 2.45) is 0 Å². The van der Waals surface area contributed by atoms with E-state index in [9.17, 15) is 10.1 Å². The molecule has 0 saturated carbocycles. The van der Waals surface area contributed by atoms with Crippen LogP contribution in [0.1, 0.15) is 31.7 Å². The Morgan fingerprint density at radius 1 is 1.42 bits per heavy atom. The largest absolute Gasteiger partial charge is 0.487 e. The lowest BCUT2D eigenvalue weighted by Crippen LogP contribution is -2.36. The first kappa shape index (κ1) is 13.8. The number of hydrogen-bond acceptors (Lipinski definition) is 4. The summed E-state index contributed by atoms with van der Waals surface area (Å²) in [4.78, 5) is 13.0. The Morgan fingerprint density at radius 2 is 2.21 bits per heavy atom. The fourth-order valence-electron chi connectivity index (χ4n) is 2.05. The summed E-state index contributed by atoms with van der Waals surface area (Å²) < 4.78 is 5.48. The Balaban J connectivity index is 2.07. The third kappa shape index (κ3) is 3.67. The molecule has 1 aliphatic rings. The number of ether oxygens (including phenoxy) is 1. The van der Waals surface area contributed by atoms with Gasteiger partial charge >= 0.3 is 5.69 Å². The third-order valence-corrected chi connectivity index (χ3v) is 3.33. The van der Waals surface area contributed by atoms with E-state index in [1.54, 1.807) is 12.1 Å². The van der Waals surface area contributed by atoms with Gasteiger partial charge in [0.1, 0.15) is 0 Å². The predicted molar refractivity (Wildman–Crippen MR) is 73.4 cm³/mol. The number of unbranched alkanes of at least 4 members (excludes halogenated alkanes) is 1. The zero-order chi connectivity index (χ0) is 13.7. The van der Waals surface area contributed by atoms with Crippen molar-refractivity contribution in [2.45, 2.75) is 32.7 Å². The molecule has 0 N–H and O–H groups in total. The Morgan fingerprint density at radius 3 is 2.79 bits per heavy atom. The van der Waals surface area contributed by atoms with Crippen LogP contribution in [-0.2, 0) is 6.54 Å². The van der Waals surface area contributed by atoms with Crippen molar-refractivity contribution < 1.29 is 9.66 Å². The van der Waals surface area contributed by atoms with Crippen LogP contribution in [0.4, 0.5) is 5.69 Å². The molecule has 1 fully saturated rings. The molecule has 0 unspecified atom stereocenters. The Kier molecular flexibility index (Phi) is 4.74. The highest BCUT2D eigenvalue weighted by atomic mass is 16.6. The normalized spacial score (nSPS) is 15.0. The summed E-state index contributed by atoms with van der Waals surface area (Å²) in [6.07, 6.45) is 3.15. The molecule has 19 heavy (non-hydrogen) atoms. The molecular weight excluding hydrogens is 244 g/mol. The van der Waals surface area contributed by atoms with E-state index in [4.69, 9.17) is 4.74 Å². The SMILES string of the molecule is CCCCOc1ccc(CN2CCC2)cc1[N+](=O)[O-]. The zero-order valence-electron chi connectivity index (χ0n) is 11.3. The summed E-state index contributed by atoms with van der Waals surface area (Å²) >= 11 is 0. The lowest BCUT2D eigenvalue weighted by Gasteiger charge is -2.30. The van der Waals surface area contributed by atoms with Crippen LogP contribution in [0.15, 0.2) is 18.2 Å². The molecule has 5 nitrogen and oxygen atoms in total. The van der Waals surface area contributed by atoms with Gasteiger partial charge in [0, 0.05) is 12.6 Å². The number of nitro benzene ring substituents is 1. The van der Waals surface area contributed by atoms with E-state index in [0.717, 1.165) is 38.0 Å². The Hall–Kier alpha value is -1.62. The van der Waals surface area contributed by atoms with Crippen LogP contribution in [0.25, 0.3) is 0 Å². The molecule has 0 aromatic heterocycles. The maximum atomic E-state index is 11.1. The number of hydrogen-bond donors (Lipinski definition) is 0. The predicted octanol–water partition coefficient (Wildman–Crippen LogP) is 2.98. The summed E-state index contributed by atoms with van der Waals surface area (Å²) in [6.45, 7) is 5.55. The van der Waals surface area contributed by atoms with Crippen molar-refractivity contribution in [3.05, 3.63) is 33.9 Å². The molecule has 0 aliphatic carbocycles. The molecule has 0 bridgehead atoms. The highest BCUT2D eigenvalue weighted by molar-refractivity contribution is 5.48. The molecule has 104 valence electrons. The summed E-state index contributed by atoms with van der Waals surface area (Å²) in [7, 11) is 0. The Labute approximate surface area is 113 Å². The van der Waals surface area contributed by atoms with Gasteiger partial charge in [0.15, 0.2) is 5.75 Å². The van der Waals surface area contributed by atoms with Gasteiger partial charge in [-0.2, -0.15) is 0 Å². The van der Waals surface area contributed by atoms with Crippen molar-refractivity contribution in [1.82, 2.24) is 4.90 Å². The fraction of sp³-hybridized carbons (Fsp3) is 0.571. The van der Waals surface area contributed by atoms with Crippen LogP contribution in [0.5, 0.6) is 5.75 Å². The summed E-state index contributed by atoms with van der Waals surface area (Å²) in [5.41, 5.74) is 1.06. The number of benzene rings is 1. The lowest BCUT2D eigenvalue weighted by molar-refractivity contribution is -0.385. The van der Waals surface area contributed by atoms with E-state index in [2.05, 4.69) is 11.8 Å². The summed E-state index contributed by atoms with van der Waals surface area (Å²) in [6, 6.07) is 5.29. The van der Waals surface area contributed by atoms with Gasteiger partial charge < -0.3 is 4.74 Å². The van der Waals surface area contributed by atoms with Crippen molar-refractivity contribution >= 4 is 5.69 Å². The van der Waals surface area contributed by atoms with Crippen LogP contribution < -0.4 is 4.74 Å². The standard InChI is InChI=1S/C14H20N2O3/c1-2-3-9-19-14-6-5-12(10-13(14)16(17)18)11-15-7-4-8-15/h5-6,10H,2-4,7-9,11H2,1H3. The van der Waals surface area contributed by atoms with Crippen molar-refractivity contribution in [3.63, 3.8) is 0 Å². The second kappa shape index (κ2) is 6.52. The van der Waals surface area contributed by atoms with Crippen LogP contribution in [0.3, 0.4) is 0 Å². The van der Waals surface area contributed by atoms with Gasteiger partial charge in [0.05, 0.1) is 11.5 Å². The second-order valence-corrected chi connectivity index (χ2v) is 4.89. The van der Waals surface area contributed by atoms with E-state index in [1.807, 2.05) is 6.07 Å². The first-order valence-corrected chi connectivity index (χ1v) is 6.83. The van der Waals surface area contributed by atoms with Crippen molar-refractivity contribution in [1.29, 1.82) is 0 Å². The first-order valence-electron chi connectivity index (χ1n) is 6.83. The number of nitro groups is 1. The van der Waals surface area contributed by atoms with Gasteiger partial charge in [-0.25, -0.2) is 0 Å². The topological polar surface area (TPSA) is 55.6 Å². The second-order valence-electron chi connectivity index (χ2n) is 4.89. The third-order valence-electron chi connectivity index (χ3n) is 3.33. The average molecular weight is 264 g/mol.